The summed E-state index contributed by atoms with van der Waals surface area (Å²) in [6.07, 6.45) is 3.57. The molecule has 1 rings (SSSR count). The first-order valence-electron chi connectivity index (χ1n) is 4.37. The lowest BCUT2D eigenvalue weighted by Gasteiger charge is -2.01. The summed E-state index contributed by atoms with van der Waals surface area (Å²) in [7, 11) is 0. The Balaban J connectivity index is 2.64. The van der Waals surface area contributed by atoms with Gasteiger partial charge in [0.1, 0.15) is 5.75 Å². The average Bonchev–Trinajstić information content (AvgIpc) is 2.17. The second-order valence-corrected chi connectivity index (χ2v) is 2.59. The Kier molecular flexibility index (Phi) is 4.06. The van der Waals surface area contributed by atoms with Crippen LogP contribution in [0, 0.1) is 0 Å². The van der Waals surface area contributed by atoms with Crippen molar-refractivity contribution in [3.05, 3.63) is 35.9 Å². The van der Waals surface area contributed by atoms with E-state index in [1.54, 1.807) is 6.08 Å². The van der Waals surface area contributed by atoms with E-state index in [1.165, 1.54) is 0 Å². The Morgan fingerprint density at radius 2 is 2.00 bits per heavy atom. The minimum absolute atomic E-state index is 0.0766. The van der Waals surface area contributed by atoms with Crippen LogP contribution in [0.3, 0.4) is 0 Å². The zero-order chi connectivity index (χ0) is 9.52. The van der Waals surface area contributed by atoms with E-state index in [4.69, 9.17) is 9.84 Å². The number of rotatable bonds is 4. The van der Waals surface area contributed by atoms with Gasteiger partial charge in [0.2, 0.25) is 0 Å². The zero-order valence-electron chi connectivity index (χ0n) is 7.73. The molecule has 0 aliphatic heterocycles. The molecule has 0 unspecified atom stereocenters. The standard InChI is InChI=1S/C11H14O2/c1-2-13-11-7-5-10(6-8-11)4-3-9-12/h3-8,12H,2,9H2,1H3/b4-3+. The summed E-state index contributed by atoms with van der Waals surface area (Å²) in [4.78, 5) is 0. The summed E-state index contributed by atoms with van der Waals surface area (Å²) in [5.41, 5.74) is 1.07. The van der Waals surface area contributed by atoms with Gasteiger partial charge in [-0.05, 0) is 24.6 Å². The molecular formula is C11H14O2. The molecule has 0 bridgehead atoms. The number of aliphatic hydroxyl groups excluding tert-OH is 1. The van der Waals surface area contributed by atoms with E-state index in [1.807, 2.05) is 37.3 Å². The molecule has 0 radical (unpaired) electrons. The zero-order valence-corrected chi connectivity index (χ0v) is 7.73. The molecule has 2 heteroatoms. The van der Waals surface area contributed by atoms with Gasteiger partial charge < -0.3 is 9.84 Å². The van der Waals surface area contributed by atoms with Gasteiger partial charge >= 0.3 is 0 Å². The predicted molar refractivity (Wildman–Crippen MR) is 53.7 cm³/mol. The second kappa shape index (κ2) is 5.38. The van der Waals surface area contributed by atoms with Crippen molar-refractivity contribution >= 4 is 6.08 Å². The summed E-state index contributed by atoms with van der Waals surface area (Å²) in [5.74, 6) is 0.878. The number of ether oxygens (including phenoxy) is 1. The van der Waals surface area contributed by atoms with Gasteiger partial charge in [-0.3, -0.25) is 0 Å². The van der Waals surface area contributed by atoms with Gasteiger partial charge in [0, 0.05) is 0 Å². The van der Waals surface area contributed by atoms with Crippen LogP contribution in [-0.4, -0.2) is 18.3 Å². The molecule has 1 N–H and O–H groups in total. The quantitative estimate of drug-likeness (QED) is 0.765. The van der Waals surface area contributed by atoms with Crippen LogP contribution in [0.25, 0.3) is 6.08 Å². The van der Waals surface area contributed by atoms with Crippen LogP contribution in [0.5, 0.6) is 5.75 Å². The lowest BCUT2D eigenvalue weighted by Crippen LogP contribution is -1.90. The molecule has 0 aliphatic rings. The van der Waals surface area contributed by atoms with Crippen molar-refractivity contribution in [3.8, 4) is 5.75 Å². The highest BCUT2D eigenvalue weighted by molar-refractivity contribution is 5.50. The fourth-order valence-corrected chi connectivity index (χ4v) is 1.03. The summed E-state index contributed by atoms with van der Waals surface area (Å²) in [6.45, 7) is 2.72. The Morgan fingerprint density at radius 1 is 1.31 bits per heavy atom. The summed E-state index contributed by atoms with van der Waals surface area (Å²) >= 11 is 0. The molecular weight excluding hydrogens is 164 g/mol. The highest BCUT2D eigenvalue weighted by Gasteiger charge is 1.90. The molecule has 0 aliphatic carbocycles. The monoisotopic (exact) mass is 178 g/mol. The maximum absolute atomic E-state index is 8.55. The summed E-state index contributed by atoms with van der Waals surface area (Å²) in [6, 6.07) is 7.75. The van der Waals surface area contributed by atoms with Crippen LogP contribution in [0.2, 0.25) is 0 Å². The molecule has 0 heterocycles. The molecule has 0 saturated heterocycles. The third-order valence-corrected chi connectivity index (χ3v) is 1.61. The van der Waals surface area contributed by atoms with Crippen molar-refractivity contribution in [3.63, 3.8) is 0 Å². The molecule has 1 aromatic rings. The Morgan fingerprint density at radius 3 is 2.54 bits per heavy atom. The molecule has 0 atom stereocenters. The van der Waals surface area contributed by atoms with E-state index in [9.17, 15) is 0 Å². The lowest BCUT2D eigenvalue weighted by atomic mass is 10.2. The predicted octanol–water partition coefficient (Wildman–Crippen LogP) is 2.09. The lowest BCUT2D eigenvalue weighted by molar-refractivity contribution is 0.340. The SMILES string of the molecule is CCOc1ccc(/C=C/CO)cc1. The van der Waals surface area contributed by atoms with E-state index in [2.05, 4.69) is 0 Å². The topological polar surface area (TPSA) is 29.5 Å². The van der Waals surface area contributed by atoms with Gasteiger partial charge in [-0.2, -0.15) is 0 Å². The van der Waals surface area contributed by atoms with Crippen LogP contribution in [0.4, 0.5) is 0 Å². The summed E-state index contributed by atoms with van der Waals surface area (Å²) in [5, 5.41) is 8.55. The molecule has 1 aromatic carbocycles. The average molecular weight is 178 g/mol. The largest absolute Gasteiger partial charge is 0.494 e. The van der Waals surface area contributed by atoms with Crippen LogP contribution in [0.15, 0.2) is 30.3 Å². The van der Waals surface area contributed by atoms with Crippen LogP contribution in [-0.2, 0) is 0 Å². The minimum Gasteiger partial charge on any atom is -0.494 e. The number of hydrogen-bond acceptors (Lipinski definition) is 2. The van der Waals surface area contributed by atoms with Gasteiger partial charge in [-0.15, -0.1) is 0 Å². The van der Waals surface area contributed by atoms with Gasteiger partial charge in [-0.25, -0.2) is 0 Å². The highest BCUT2D eigenvalue weighted by Crippen LogP contribution is 2.12. The molecule has 0 fully saturated rings. The first kappa shape index (κ1) is 9.81. The van der Waals surface area contributed by atoms with Crippen molar-refractivity contribution in [1.29, 1.82) is 0 Å². The summed E-state index contributed by atoms with van der Waals surface area (Å²) < 4.78 is 5.29. The van der Waals surface area contributed by atoms with Gasteiger partial charge in [0.25, 0.3) is 0 Å². The number of benzene rings is 1. The Hall–Kier alpha value is -1.28. The number of aliphatic hydroxyl groups is 1. The highest BCUT2D eigenvalue weighted by atomic mass is 16.5. The van der Waals surface area contributed by atoms with Crippen molar-refractivity contribution < 1.29 is 9.84 Å². The smallest absolute Gasteiger partial charge is 0.119 e. The third kappa shape index (κ3) is 3.30. The molecule has 13 heavy (non-hydrogen) atoms. The molecule has 2 nitrogen and oxygen atoms in total. The van der Waals surface area contributed by atoms with E-state index in [0.717, 1.165) is 11.3 Å². The maximum atomic E-state index is 8.55. The van der Waals surface area contributed by atoms with Crippen molar-refractivity contribution in [1.82, 2.24) is 0 Å². The number of hydrogen-bond donors (Lipinski definition) is 1. The van der Waals surface area contributed by atoms with Crippen molar-refractivity contribution in [2.24, 2.45) is 0 Å². The first-order valence-corrected chi connectivity index (χ1v) is 4.37. The molecule has 0 saturated carbocycles. The molecule has 0 spiro atoms. The van der Waals surface area contributed by atoms with E-state index in [-0.39, 0.29) is 6.61 Å². The van der Waals surface area contributed by atoms with Crippen LogP contribution in [0.1, 0.15) is 12.5 Å². The van der Waals surface area contributed by atoms with Crippen LogP contribution >= 0.6 is 0 Å². The molecule has 70 valence electrons. The molecule has 0 amide bonds. The van der Waals surface area contributed by atoms with Crippen LogP contribution < -0.4 is 4.74 Å². The Labute approximate surface area is 78.5 Å². The van der Waals surface area contributed by atoms with Crippen molar-refractivity contribution in [2.75, 3.05) is 13.2 Å². The van der Waals surface area contributed by atoms with Gasteiger partial charge in [0.05, 0.1) is 13.2 Å². The van der Waals surface area contributed by atoms with Crippen molar-refractivity contribution in [2.45, 2.75) is 6.92 Å². The maximum Gasteiger partial charge on any atom is 0.119 e. The van der Waals surface area contributed by atoms with E-state index in [0.29, 0.717) is 6.61 Å². The third-order valence-electron chi connectivity index (χ3n) is 1.61. The fraction of sp³-hybridized carbons (Fsp3) is 0.273. The van der Waals surface area contributed by atoms with E-state index >= 15 is 0 Å². The fourth-order valence-electron chi connectivity index (χ4n) is 1.03. The van der Waals surface area contributed by atoms with E-state index < -0.39 is 0 Å². The second-order valence-electron chi connectivity index (χ2n) is 2.59. The molecule has 0 aromatic heterocycles. The first-order chi connectivity index (χ1) is 6.36. The van der Waals surface area contributed by atoms with Gasteiger partial charge in [0.15, 0.2) is 0 Å². The minimum atomic E-state index is 0.0766. The normalized spacial score (nSPS) is 10.6. The Bertz CT molecular complexity index is 262. The van der Waals surface area contributed by atoms with Gasteiger partial charge in [-0.1, -0.05) is 24.3 Å².